The Hall–Kier alpha value is -1.93. The molecule has 0 unspecified atom stereocenters. The lowest BCUT2D eigenvalue weighted by Crippen LogP contribution is -2.48. The van der Waals surface area contributed by atoms with Gasteiger partial charge in [-0.05, 0) is 18.1 Å². The van der Waals surface area contributed by atoms with Gasteiger partial charge >= 0.3 is 0 Å². The van der Waals surface area contributed by atoms with Crippen LogP contribution in [-0.2, 0) is 25.9 Å². The Kier molecular flexibility index (Phi) is 5.95. The van der Waals surface area contributed by atoms with Gasteiger partial charge in [-0.3, -0.25) is 9.59 Å². The van der Waals surface area contributed by atoms with Crippen LogP contribution in [0.5, 0.6) is 0 Å². The van der Waals surface area contributed by atoms with Crippen LogP contribution in [0, 0.1) is 0 Å². The Morgan fingerprint density at radius 1 is 1.38 bits per heavy atom. The van der Waals surface area contributed by atoms with Gasteiger partial charge < -0.3 is 15.0 Å². The fourth-order valence-corrected chi connectivity index (χ4v) is 3.33. The number of fused-ring (bicyclic) bond motifs is 1. The molecule has 0 aliphatic carbocycles. The molecule has 0 aromatic heterocycles. The van der Waals surface area contributed by atoms with Crippen molar-refractivity contribution in [2.45, 2.75) is 19.0 Å². The molecule has 24 heavy (non-hydrogen) atoms. The number of methoxy groups -OCH3 is 1. The van der Waals surface area contributed by atoms with Gasteiger partial charge in [0.05, 0.1) is 12.4 Å². The van der Waals surface area contributed by atoms with Crippen molar-refractivity contribution < 1.29 is 22.7 Å². The Morgan fingerprint density at radius 2 is 2.08 bits per heavy atom. The largest absolute Gasteiger partial charge is 0.383 e. The van der Waals surface area contributed by atoms with E-state index in [1.807, 2.05) is 12.1 Å². The van der Waals surface area contributed by atoms with E-state index in [-0.39, 0.29) is 24.0 Å². The van der Waals surface area contributed by atoms with Crippen LogP contribution in [-0.4, -0.2) is 63.4 Å². The number of nitrogens with one attached hydrogen (secondary N) is 1. The third-order valence-electron chi connectivity index (χ3n) is 3.90. The second-order valence-corrected chi connectivity index (χ2v) is 8.07. The van der Waals surface area contributed by atoms with Gasteiger partial charge in [-0.25, -0.2) is 8.42 Å². The molecule has 0 fully saturated rings. The molecule has 0 saturated carbocycles. The zero-order chi connectivity index (χ0) is 17.7. The van der Waals surface area contributed by atoms with Crippen molar-refractivity contribution in [3.8, 4) is 0 Å². The number of sulfone groups is 1. The molecule has 1 aliphatic heterocycles. The average Bonchev–Trinajstić information content (AvgIpc) is 2.84. The predicted molar refractivity (Wildman–Crippen MR) is 89.3 cm³/mol. The van der Waals surface area contributed by atoms with Crippen molar-refractivity contribution in [3.05, 3.63) is 35.4 Å². The number of hydrogen-bond donors (Lipinski definition) is 1. The van der Waals surface area contributed by atoms with E-state index in [2.05, 4.69) is 5.32 Å². The van der Waals surface area contributed by atoms with Crippen molar-refractivity contribution in [1.82, 2.24) is 10.2 Å². The van der Waals surface area contributed by atoms with Crippen LogP contribution in [0.1, 0.15) is 22.3 Å². The summed E-state index contributed by atoms with van der Waals surface area (Å²) < 4.78 is 27.8. The van der Waals surface area contributed by atoms with Gasteiger partial charge in [0.15, 0.2) is 0 Å². The molecule has 0 radical (unpaired) electrons. The van der Waals surface area contributed by atoms with E-state index in [1.165, 1.54) is 12.0 Å². The Bertz CT molecular complexity index is 717. The first-order valence-electron chi connectivity index (χ1n) is 7.66. The fraction of sp³-hybridized carbons (Fsp3) is 0.500. The molecule has 0 spiro atoms. The molecule has 1 aromatic rings. The van der Waals surface area contributed by atoms with E-state index in [0.29, 0.717) is 25.3 Å². The van der Waals surface area contributed by atoms with Gasteiger partial charge in [-0.2, -0.15) is 0 Å². The number of carbonyl (C=O) groups is 2. The monoisotopic (exact) mass is 354 g/mol. The summed E-state index contributed by atoms with van der Waals surface area (Å²) >= 11 is 0. The third kappa shape index (κ3) is 4.55. The van der Waals surface area contributed by atoms with E-state index in [9.17, 15) is 18.0 Å². The molecule has 2 rings (SSSR count). The van der Waals surface area contributed by atoms with Crippen molar-refractivity contribution in [3.63, 3.8) is 0 Å². The van der Waals surface area contributed by atoms with Crippen LogP contribution in [0.15, 0.2) is 24.3 Å². The lowest BCUT2D eigenvalue weighted by atomic mass is 10.1. The minimum atomic E-state index is -3.23. The number of hydrogen-bond acceptors (Lipinski definition) is 5. The first kappa shape index (κ1) is 18.4. The fourth-order valence-electron chi connectivity index (χ4n) is 2.68. The number of ether oxygens (including phenoxy) is 1. The normalized spacial score (nSPS) is 15.2. The molecule has 1 aromatic carbocycles. The second kappa shape index (κ2) is 7.76. The minimum absolute atomic E-state index is 0.0668. The van der Waals surface area contributed by atoms with E-state index in [1.54, 1.807) is 12.1 Å². The maximum atomic E-state index is 12.6. The van der Waals surface area contributed by atoms with E-state index in [4.69, 9.17) is 4.74 Å². The van der Waals surface area contributed by atoms with Gasteiger partial charge in [0.25, 0.3) is 5.91 Å². The number of nitrogens with zero attached hydrogens (tertiary/aromatic N) is 1. The molecule has 0 saturated heterocycles. The first-order valence-corrected chi connectivity index (χ1v) is 9.73. The summed E-state index contributed by atoms with van der Waals surface area (Å²) in [6.07, 6.45) is 1.19. The number of benzene rings is 1. The van der Waals surface area contributed by atoms with Crippen LogP contribution < -0.4 is 5.32 Å². The molecule has 132 valence electrons. The molecule has 1 N–H and O–H groups in total. The minimum Gasteiger partial charge on any atom is -0.383 e. The summed E-state index contributed by atoms with van der Waals surface area (Å²) in [5.74, 6) is -0.766. The summed E-state index contributed by atoms with van der Waals surface area (Å²) in [5.41, 5.74) is 1.41. The molecule has 1 heterocycles. The summed E-state index contributed by atoms with van der Waals surface area (Å²) in [6, 6.07) is 6.33. The quantitative estimate of drug-likeness (QED) is 0.674. The van der Waals surface area contributed by atoms with Crippen molar-refractivity contribution in [1.29, 1.82) is 0 Å². The van der Waals surface area contributed by atoms with Crippen LogP contribution in [0.25, 0.3) is 0 Å². The van der Waals surface area contributed by atoms with Gasteiger partial charge in [0.1, 0.15) is 15.9 Å². The molecule has 1 aliphatic rings. The Labute approximate surface area is 141 Å². The zero-order valence-electron chi connectivity index (χ0n) is 13.8. The van der Waals surface area contributed by atoms with Gasteiger partial charge in [-0.15, -0.1) is 0 Å². The van der Waals surface area contributed by atoms with Crippen LogP contribution in [0.3, 0.4) is 0 Å². The summed E-state index contributed by atoms with van der Waals surface area (Å²) in [6.45, 7) is 0.958. The zero-order valence-corrected chi connectivity index (χ0v) is 14.6. The molecular weight excluding hydrogens is 332 g/mol. The lowest BCUT2D eigenvalue weighted by molar-refractivity contribution is -0.126. The Morgan fingerprint density at radius 3 is 2.71 bits per heavy atom. The third-order valence-corrected chi connectivity index (χ3v) is 4.87. The summed E-state index contributed by atoms with van der Waals surface area (Å²) in [5, 5.41) is 2.69. The van der Waals surface area contributed by atoms with E-state index < -0.39 is 15.9 Å². The lowest BCUT2D eigenvalue weighted by Gasteiger charge is -2.26. The van der Waals surface area contributed by atoms with E-state index in [0.717, 1.165) is 11.8 Å². The van der Waals surface area contributed by atoms with Gasteiger partial charge in [0.2, 0.25) is 5.91 Å². The number of carbonyl (C=O) groups excluding carboxylic acids is 2. The predicted octanol–water partition coefficient (Wildman–Crippen LogP) is 0.208. The van der Waals surface area contributed by atoms with Crippen LogP contribution >= 0.6 is 0 Å². The molecule has 2 amide bonds. The Balaban J connectivity index is 2.16. The highest BCUT2D eigenvalue weighted by molar-refractivity contribution is 7.90. The smallest absolute Gasteiger partial charge is 0.255 e. The maximum Gasteiger partial charge on any atom is 0.255 e. The highest BCUT2D eigenvalue weighted by atomic mass is 32.2. The average molecular weight is 354 g/mol. The molecule has 8 heteroatoms. The van der Waals surface area contributed by atoms with Crippen molar-refractivity contribution in [2.75, 3.05) is 32.3 Å². The number of rotatable bonds is 8. The second-order valence-electron chi connectivity index (χ2n) is 5.81. The highest BCUT2D eigenvalue weighted by Crippen LogP contribution is 2.25. The maximum absolute atomic E-state index is 12.6. The van der Waals surface area contributed by atoms with Crippen LogP contribution in [0.4, 0.5) is 0 Å². The van der Waals surface area contributed by atoms with Crippen molar-refractivity contribution in [2.24, 2.45) is 0 Å². The molecule has 0 bridgehead atoms. The SMILES string of the molecule is COCCNC(=O)[C@@H](CCS(C)(=O)=O)N1Cc2ccccc2C1=O. The number of amides is 2. The van der Waals surface area contributed by atoms with Gasteiger partial charge in [0, 0.05) is 32.0 Å². The van der Waals surface area contributed by atoms with Crippen LogP contribution in [0.2, 0.25) is 0 Å². The van der Waals surface area contributed by atoms with Gasteiger partial charge in [-0.1, -0.05) is 18.2 Å². The first-order chi connectivity index (χ1) is 11.3. The van der Waals surface area contributed by atoms with E-state index >= 15 is 0 Å². The molecular formula is C16H22N2O5S. The standard InChI is InChI=1S/C16H22N2O5S/c1-23-9-8-17-15(19)14(7-10-24(2,21)22)18-11-12-5-3-4-6-13(12)16(18)20/h3-6,14H,7-11H2,1-2H3,(H,17,19)/t14-/m1/s1. The van der Waals surface area contributed by atoms with Crippen molar-refractivity contribution >= 4 is 21.7 Å². The highest BCUT2D eigenvalue weighted by Gasteiger charge is 2.36. The summed E-state index contributed by atoms with van der Waals surface area (Å²) in [4.78, 5) is 26.5. The summed E-state index contributed by atoms with van der Waals surface area (Å²) in [7, 11) is -1.71. The topological polar surface area (TPSA) is 92.8 Å². The molecule has 1 atom stereocenters. The molecule has 7 nitrogen and oxygen atoms in total.